The number of pyridine rings is 1. The summed E-state index contributed by atoms with van der Waals surface area (Å²) in [4.78, 5) is 13.0. The first kappa shape index (κ1) is 16.0. The van der Waals surface area contributed by atoms with E-state index < -0.39 is 0 Å². The van der Waals surface area contributed by atoms with E-state index in [1.54, 1.807) is 0 Å². The van der Waals surface area contributed by atoms with Crippen molar-refractivity contribution in [3.63, 3.8) is 0 Å². The zero-order valence-corrected chi connectivity index (χ0v) is 14.1. The van der Waals surface area contributed by atoms with Gasteiger partial charge in [0.05, 0.1) is 5.69 Å². The van der Waals surface area contributed by atoms with E-state index in [0.29, 0.717) is 12.6 Å². The average Bonchev–Trinajstić information content (AvgIpc) is 3.09. The number of hydrogen-bond acceptors (Lipinski definition) is 2. The Morgan fingerprint density at radius 3 is 2.39 bits per heavy atom. The molecular weight excluding hydrogens is 284 g/mol. The molecule has 122 valence electrons. The van der Waals surface area contributed by atoms with Crippen molar-refractivity contribution in [3.05, 3.63) is 57.4 Å². The highest BCUT2D eigenvalue weighted by Crippen LogP contribution is 2.33. The van der Waals surface area contributed by atoms with Gasteiger partial charge in [0.2, 0.25) is 0 Å². The van der Waals surface area contributed by atoms with E-state index in [9.17, 15) is 4.79 Å². The summed E-state index contributed by atoms with van der Waals surface area (Å²) in [5.41, 5.74) is 11.2. The van der Waals surface area contributed by atoms with Gasteiger partial charge >= 0.3 is 0 Å². The molecule has 0 spiro atoms. The van der Waals surface area contributed by atoms with Gasteiger partial charge in [0.15, 0.2) is 0 Å². The monoisotopic (exact) mass is 310 g/mol. The first-order chi connectivity index (χ1) is 11.2. The Labute approximate surface area is 138 Å². The average molecular weight is 310 g/mol. The predicted octanol–water partition coefficient (Wildman–Crippen LogP) is 3.96. The molecule has 3 nitrogen and oxygen atoms in total. The topological polar surface area (TPSA) is 48.0 Å². The first-order valence-corrected chi connectivity index (χ1v) is 8.70. The second-order valence-electron chi connectivity index (χ2n) is 6.56. The molecule has 0 aliphatic heterocycles. The largest absolute Gasteiger partial charge is 0.326 e. The summed E-state index contributed by atoms with van der Waals surface area (Å²) in [6.45, 7) is 4.46. The lowest BCUT2D eigenvalue weighted by Gasteiger charge is -2.22. The van der Waals surface area contributed by atoms with Gasteiger partial charge < -0.3 is 10.3 Å². The quantitative estimate of drug-likeness (QED) is 0.929. The van der Waals surface area contributed by atoms with Crippen LogP contribution in [-0.4, -0.2) is 4.57 Å². The van der Waals surface area contributed by atoms with Crippen molar-refractivity contribution in [2.24, 2.45) is 5.73 Å². The molecule has 0 amide bonds. The van der Waals surface area contributed by atoms with Crippen molar-refractivity contribution in [1.82, 2.24) is 4.57 Å². The van der Waals surface area contributed by atoms with Crippen LogP contribution in [0, 0.1) is 6.92 Å². The molecule has 1 saturated carbocycles. The number of hydrogen-bond donors (Lipinski definition) is 1. The van der Waals surface area contributed by atoms with Crippen LogP contribution in [0.25, 0.3) is 11.3 Å². The molecule has 2 aromatic rings. The minimum absolute atomic E-state index is 0.106. The Morgan fingerprint density at radius 2 is 1.83 bits per heavy atom. The molecule has 1 aromatic carbocycles. The standard InChI is InChI=1S/C20H26N2O/c1-3-15-8-10-16(11-9-15)19-12-14(2)18(13-21)20(23)22(19)17-6-4-5-7-17/h8-12,17H,3-7,13,21H2,1-2H3. The Balaban J connectivity index is 2.19. The van der Waals surface area contributed by atoms with E-state index in [-0.39, 0.29) is 5.56 Å². The summed E-state index contributed by atoms with van der Waals surface area (Å²) in [6.07, 6.45) is 5.62. The zero-order chi connectivity index (χ0) is 16.4. The summed E-state index contributed by atoms with van der Waals surface area (Å²) < 4.78 is 2.02. The molecule has 1 heterocycles. The van der Waals surface area contributed by atoms with E-state index in [0.717, 1.165) is 41.6 Å². The second-order valence-corrected chi connectivity index (χ2v) is 6.56. The van der Waals surface area contributed by atoms with Crippen LogP contribution in [0.3, 0.4) is 0 Å². The van der Waals surface area contributed by atoms with E-state index in [4.69, 9.17) is 5.73 Å². The van der Waals surface area contributed by atoms with Gasteiger partial charge in [0.25, 0.3) is 5.56 Å². The van der Waals surface area contributed by atoms with Crippen LogP contribution in [0.1, 0.15) is 55.3 Å². The minimum Gasteiger partial charge on any atom is -0.326 e. The van der Waals surface area contributed by atoms with Gasteiger partial charge in [-0.05, 0) is 48.9 Å². The molecule has 0 unspecified atom stereocenters. The minimum atomic E-state index is 0.106. The number of nitrogens with two attached hydrogens (primary N) is 1. The highest BCUT2D eigenvalue weighted by Gasteiger charge is 2.23. The van der Waals surface area contributed by atoms with Gasteiger partial charge in [0.1, 0.15) is 0 Å². The van der Waals surface area contributed by atoms with Crippen LogP contribution >= 0.6 is 0 Å². The third-order valence-electron chi connectivity index (χ3n) is 5.12. The fourth-order valence-corrected chi connectivity index (χ4v) is 3.69. The molecule has 3 heteroatoms. The van der Waals surface area contributed by atoms with Crippen molar-refractivity contribution in [2.45, 2.75) is 58.5 Å². The van der Waals surface area contributed by atoms with E-state index in [1.807, 2.05) is 11.5 Å². The molecule has 1 aliphatic carbocycles. The smallest absolute Gasteiger partial charge is 0.256 e. The highest BCUT2D eigenvalue weighted by atomic mass is 16.1. The third kappa shape index (κ3) is 2.98. The maximum Gasteiger partial charge on any atom is 0.256 e. The molecule has 0 bridgehead atoms. The van der Waals surface area contributed by atoms with E-state index in [2.05, 4.69) is 37.3 Å². The fraction of sp³-hybridized carbons (Fsp3) is 0.450. The lowest BCUT2D eigenvalue weighted by molar-refractivity contribution is 0.504. The molecule has 0 radical (unpaired) electrons. The molecular formula is C20H26N2O. The van der Waals surface area contributed by atoms with Crippen LogP contribution in [0.5, 0.6) is 0 Å². The summed E-state index contributed by atoms with van der Waals surface area (Å²) in [7, 11) is 0. The van der Waals surface area contributed by atoms with Crippen LogP contribution in [0.4, 0.5) is 0 Å². The lowest BCUT2D eigenvalue weighted by Crippen LogP contribution is -2.30. The summed E-state index contributed by atoms with van der Waals surface area (Å²) in [5, 5.41) is 0. The van der Waals surface area contributed by atoms with Gasteiger partial charge in [0, 0.05) is 18.2 Å². The maximum atomic E-state index is 13.0. The molecule has 0 atom stereocenters. The van der Waals surface area contributed by atoms with Gasteiger partial charge in [-0.3, -0.25) is 4.79 Å². The SMILES string of the molecule is CCc1ccc(-c2cc(C)c(CN)c(=O)n2C2CCCC2)cc1. The predicted molar refractivity (Wildman–Crippen MR) is 95.6 cm³/mol. The number of aryl methyl sites for hydroxylation is 2. The summed E-state index contributed by atoms with van der Waals surface area (Å²) in [5.74, 6) is 0. The first-order valence-electron chi connectivity index (χ1n) is 8.70. The summed E-state index contributed by atoms with van der Waals surface area (Å²) >= 11 is 0. The van der Waals surface area contributed by atoms with Crippen LogP contribution in [-0.2, 0) is 13.0 Å². The Kier molecular flexibility index (Phi) is 4.67. The van der Waals surface area contributed by atoms with Crippen molar-refractivity contribution in [1.29, 1.82) is 0 Å². The Bertz CT molecular complexity index is 737. The Hall–Kier alpha value is -1.87. The van der Waals surface area contributed by atoms with Crippen molar-refractivity contribution in [3.8, 4) is 11.3 Å². The van der Waals surface area contributed by atoms with Crippen LogP contribution < -0.4 is 11.3 Å². The maximum absolute atomic E-state index is 13.0. The van der Waals surface area contributed by atoms with Gasteiger partial charge in [-0.1, -0.05) is 44.0 Å². The number of aromatic nitrogens is 1. The Morgan fingerprint density at radius 1 is 1.17 bits per heavy atom. The van der Waals surface area contributed by atoms with Crippen LogP contribution in [0.15, 0.2) is 35.1 Å². The van der Waals surface area contributed by atoms with Crippen molar-refractivity contribution < 1.29 is 0 Å². The molecule has 1 fully saturated rings. The fourth-order valence-electron chi connectivity index (χ4n) is 3.69. The second kappa shape index (κ2) is 6.71. The molecule has 2 N–H and O–H groups in total. The normalized spacial score (nSPS) is 15.3. The third-order valence-corrected chi connectivity index (χ3v) is 5.12. The molecule has 0 saturated heterocycles. The zero-order valence-electron chi connectivity index (χ0n) is 14.1. The number of nitrogens with zero attached hydrogens (tertiary/aromatic N) is 1. The van der Waals surface area contributed by atoms with Gasteiger partial charge in [-0.15, -0.1) is 0 Å². The lowest BCUT2D eigenvalue weighted by atomic mass is 10.0. The van der Waals surface area contributed by atoms with Gasteiger partial charge in [-0.2, -0.15) is 0 Å². The van der Waals surface area contributed by atoms with E-state index in [1.165, 1.54) is 18.4 Å². The number of benzene rings is 1. The van der Waals surface area contributed by atoms with Crippen molar-refractivity contribution in [2.75, 3.05) is 0 Å². The summed E-state index contributed by atoms with van der Waals surface area (Å²) in [6, 6.07) is 11.1. The molecule has 23 heavy (non-hydrogen) atoms. The molecule has 1 aromatic heterocycles. The van der Waals surface area contributed by atoms with Gasteiger partial charge in [-0.25, -0.2) is 0 Å². The van der Waals surface area contributed by atoms with Crippen molar-refractivity contribution >= 4 is 0 Å². The van der Waals surface area contributed by atoms with E-state index >= 15 is 0 Å². The van der Waals surface area contributed by atoms with Crippen LogP contribution in [0.2, 0.25) is 0 Å². The molecule has 1 aliphatic rings. The number of rotatable bonds is 4. The molecule has 3 rings (SSSR count). The highest BCUT2D eigenvalue weighted by molar-refractivity contribution is 5.62.